The molecule has 0 unspecified atom stereocenters. The molecule has 2 amide bonds. The summed E-state index contributed by atoms with van der Waals surface area (Å²) >= 11 is 0. The Balaban J connectivity index is 1.38. The van der Waals surface area contributed by atoms with Crippen LogP contribution < -0.4 is 21.1 Å². The van der Waals surface area contributed by atoms with Gasteiger partial charge in [-0.25, -0.2) is 14.8 Å². The normalized spacial score (nSPS) is 14.8. The van der Waals surface area contributed by atoms with E-state index in [1.165, 1.54) is 12.4 Å². The van der Waals surface area contributed by atoms with Crippen LogP contribution in [0.1, 0.15) is 37.8 Å². The molecule has 0 aliphatic carbocycles. The van der Waals surface area contributed by atoms with E-state index in [2.05, 4.69) is 44.2 Å². The van der Waals surface area contributed by atoms with Gasteiger partial charge in [-0.3, -0.25) is 9.80 Å². The van der Waals surface area contributed by atoms with Gasteiger partial charge in [-0.05, 0) is 60.9 Å². The molecule has 4 N–H and O–H groups in total. The molecule has 0 bridgehead atoms. The molecule has 214 valence electrons. The number of carbonyl (C=O) groups is 1. The first-order valence-electron chi connectivity index (χ1n) is 13.2. The molecule has 2 aromatic carbocycles. The summed E-state index contributed by atoms with van der Waals surface area (Å²) in [5.41, 5.74) is 5.80. The van der Waals surface area contributed by atoms with E-state index < -0.39 is 17.8 Å². The third-order valence-corrected chi connectivity index (χ3v) is 6.85. The Labute approximate surface area is 231 Å². The van der Waals surface area contributed by atoms with Crippen molar-refractivity contribution in [1.29, 1.82) is 0 Å². The van der Waals surface area contributed by atoms with E-state index in [1.54, 1.807) is 30.3 Å². The fourth-order valence-electron chi connectivity index (χ4n) is 4.80. The van der Waals surface area contributed by atoms with Gasteiger partial charge >= 0.3 is 12.2 Å². The Kier molecular flexibility index (Phi) is 9.43. The number of benzene rings is 2. The van der Waals surface area contributed by atoms with Crippen molar-refractivity contribution in [2.45, 2.75) is 45.5 Å². The molecular weight excluding hydrogens is 523 g/mol. The standard InChI is InChI=1S/C28H34F3N7O2/c1-3-23(4-2)38-11-9-37(10-12-38)17-19-13-20(28(29,30)31)15-22(14-19)36-27(39)35-21-5-7-24(8-6-21)40-26-16-25(32)33-18-34-26/h5-8,13-16,18,23H,3-4,9-12,17H2,1-2H3,(H2,32,33,34)(H2,35,36,39). The highest BCUT2D eigenvalue weighted by Crippen LogP contribution is 2.32. The predicted octanol–water partition coefficient (Wildman–Crippen LogP) is 5.82. The van der Waals surface area contributed by atoms with Gasteiger partial charge < -0.3 is 21.1 Å². The number of nitrogen functional groups attached to an aromatic ring is 1. The van der Waals surface area contributed by atoms with Gasteiger partial charge in [-0.2, -0.15) is 13.2 Å². The van der Waals surface area contributed by atoms with Crippen molar-refractivity contribution >= 4 is 23.2 Å². The van der Waals surface area contributed by atoms with Crippen LogP contribution in [-0.4, -0.2) is 58.0 Å². The first kappa shape index (κ1) is 29.1. The van der Waals surface area contributed by atoms with E-state index in [9.17, 15) is 18.0 Å². The van der Waals surface area contributed by atoms with Gasteiger partial charge in [-0.15, -0.1) is 0 Å². The minimum atomic E-state index is -4.54. The van der Waals surface area contributed by atoms with Gasteiger partial charge in [-0.1, -0.05) is 13.8 Å². The summed E-state index contributed by atoms with van der Waals surface area (Å²) in [7, 11) is 0. The molecule has 1 saturated heterocycles. The van der Waals surface area contributed by atoms with Gasteiger partial charge in [0.2, 0.25) is 5.88 Å². The molecule has 9 nitrogen and oxygen atoms in total. The summed E-state index contributed by atoms with van der Waals surface area (Å²) in [6, 6.07) is 11.4. The van der Waals surface area contributed by atoms with Crippen LogP contribution in [-0.2, 0) is 12.7 Å². The second-order valence-electron chi connectivity index (χ2n) is 9.69. The Bertz CT molecular complexity index is 1280. The molecule has 0 atom stereocenters. The van der Waals surface area contributed by atoms with Gasteiger partial charge in [0.1, 0.15) is 17.9 Å². The predicted molar refractivity (Wildman–Crippen MR) is 148 cm³/mol. The van der Waals surface area contributed by atoms with Crippen LogP contribution in [0.5, 0.6) is 11.6 Å². The Morgan fingerprint density at radius 3 is 2.27 bits per heavy atom. The number of carbonyl (C=O) groups excluding carboxylic acids is 1. The zero-order valence-corrected chi connectivity index (χ0v) is 22.5. The molecule has 1 aliphatic heterocycles. The average Bonchev–Trinajstić information content (AvgIpc) is 2.91. The highest BCUT2D eigenvalue weighted by Gasteiger charge is 2.32. The zero-order valence-electron chi connectivity index (χ0n) is 22.5. The fraction of sp³-hybridized carbons (Fsp3) is 0.393. The topological polar surface area (TPSA) is 109 Å². The third-order valence-electron chi connectivity index (χ3n) is 6.85. The molecule has 40 heavy (non-hydrogen) atoms. The van der Waals surface area contributed by atoms with E-state index in [0.29, 0.717) is 29.6 Å². The largest absolute Gasteiger partial charge is 0.439 e. The highest BCUT2D eigenvalue weighted by molar-refractivity contribution is 5.99. The number of nitrogens with two attached hydrogens (primary N) is 1. The van der Waals surface area contributed by atoms with Crippen molar-refractivity contribution in [1.82, 2.24) is 19.8 Å². The van der Waals surface area contributed by atoms with Crippen LogP contribution in [0.4, 0.5) is 35.2 Å². The second kappa shape index (κ2) is 13.0. The quantitative estimate of drug-likeness (QED) is 0.304. The van der Waals surface area contributed by atoms with Crippen molar-refractivity contribution in [2.75, 3.05) is 42.5 Å². The van der Waals surface area contributed by atoms with E-state index >= 15 is 0 Å². The first-order chi connectivity index (χ1) is 19.1. The van der Waals surface area contributed by atoms with Crippen molar-refractivity contribution in [2.24, 2.45) is 0 Å². The van der Waals surface area contributed by atoms with E-state index in [-0.39, 0.29) is 17.4 Å². The van der Waals surface area contributed by atoms with E-state index in [0.717, 1.165) is 51.2 Å². The van der Waals surface area contributed by atoms with Gasteiger partial charge in [0.15, 0.2) is 0 Å². The van der Waals surface area contributed by atoms with Crippen LogP contribution in [0.15, 0.2) is 54.9 Å². The molecule has 1 fully saturated rings. The van der Waals surface area contributed by atoms with E-state index in [1.807, 2.05) is 0 Å². The summed E-state index contributed by atoms with van der Waals surface area (Å²) in [4.78, 5) is 25.0. The minimum absolute atomic E-state index is 0.0688. The lowest BCUT2D eigenvalue weighted by atomic mass is 10.1. The Morgan fingerprint density at radius 2 is 1.65 bits per heavy atom. The second-order valence-corrected chi connectivity index (χ2v) is 9.69. The number of alkyl halides is 3. The number of hydrogen-bond donors (Lipinski definition) is 3. The van der Waals surface area contributed by atoms with E-state index in [4.69, 9.17) is 10.5 Å². The summed E-state index contributed by atoms with van der Waals surface area (Å²) < 4.78 is 46.6. The molecule has 3 aromatic rings. The summed E-state index contributed by atoms with van der Waals surface area (Å²) in [6.07, 6.45) is -1.10. The Morgan fingerprint density at radius 1 is 0.975 bits per heavy atom. The monoisotopic (exact) mass is 557 g/mol. The fourth-order valence-corrected chi connectivity index (χ4v) is 4.80. The number of rotatable bonds is 9. The number of anilines is 3. The summed E-state index contributed by atoms with van der Waals surface area (Å²) in [5, 5.41) is 5.17. The Hall–Kier alpha value is -3.90. The zero-order chi connectivity index (χ0) is 28.7. The average molecular weight is 558 g/mol. The summed E-state index contributed by atoms with van der Waals surface area (Å²) in [5.74, 6) is 0.976. The molecule has 1 aliphatic rings. The molecule has 4 rings (SSSR count). The van der Waals surface area contributed by atoms with Crippen molar-refractivity contribution in [3.8, 4) is 11.6 Å². The highest BCUT2D eigenvalue weighted by atomic mass is 19.4. The third kappa shape index (κ3) is 8.06. The number of nitrogens with one attached hydrogen (secondary N) is 2. The van der Waals surface area contributed by atoms with Crippen LogP contribution in [0, 0.1) is 0 Å². The van der Waals surface area contributed by atoms with Crippen LogP contribution in [0.2, 0.25) is 0 Å². The van der Waals surface area contributed by atoms with Crippen LogP contribution >= 0.6 is 0 Å². The number of aromatic nitrogens is 2. The van der Waals surface area contributed by atoms with Gasteiger partial charge in [0.25, 0.3) is 0 Å². The van der Waals surface area contributed by atoms with Crippen molar-refractivity contribution < 1.29 is 22.7 Å². The van der Waals surface area contributed by atoms with Gasteiger partial charge in [0.05, 0.1) is 5.56 Å². The molecule has 1 aromatic heterocycles. The number of nitrogens with zero attached hydrogens (tertiary/aromatic N) is 4. The first-order valence-corrected chi connectivity index (χ1v) is 13.2. The number of urea groups is 1. The molecule has 0 spiro atoms. The maximum atomic E-state index is 13.7. The molecule has 0 radical (unpaired) electrons. The maximum Gasteiger partial charge on any atom is 0.416 e. The molecule has 12 heteroatoms. The smallest absolute Gasteiger partial charge is 0.416 e. The van der Waals surface area contributed by atoms with Crippen LogP contribution in [0.3, 0.4) is 0 Å². The van der Waals surface area contributed by atoms with Gasteiger partial charge in [0, 0.05) is 56.2 Å². The maximum absolute atomic E-state index is 13.7. The lowest BCUT2D eigenvalue weighted by Gasteiger charge is -2.39. The number of halogens is 3. The lowest BCUT2D eigenvalue weighted by molar-refractivity contribution is -0.137. The van der Waals surface area contributed by atoms with Crippen molar-refractivity contribution in [3.05, 3.63) is 66.0 Å². The number of hydrogen-bond acceptors (Lipinski definition) is 7. The number of piperazine rings is 1. The lowest BCUT2D eigenvalue weighted by Crippen LogP contribution is -2.49. The number of ether oxygens (including phenoxy) is 1. The molecule has 2 heterocycles. The van der Waals surface area contributed by atoms with Crippen molar-refractivity contribution in [3.63, 3.8) is 0 Å². The molecular formula is C28H34F3N7O2. The minimum Gasteiger partial charge on any atom is -0.439 e. The number of amides is 2. The SMILES string of the molecule is CCC(CC)N1CCN(Cc2cc(NC(=O)Nc3ccc(Oc4cc(N)ncn4)cc3)cc(C(F)(F)F)c2)CC1. The summed E-state index contributed by atoms with van der Waals surface area (Å²) in [6.45, 7) is 8.05. The van der Waals surface area contributed by atoms with Crippen LogP contribution in [0.25, 0.3) is 0 Å². The molecule has 0 saturated carbocycles.